The lowest BCUT2D eigenvalue weighted by molar-refractivity contribution is -0.114. The van der Waals surface area contributed by atoms with Gasteiger partial charge >= 0.3 is 0 Å². The van der Waals surface area contributed by atoms with Crippen molar-refractivity contribution in [2.75, 3.05) is 11.1 Å². The maximum atomic E-state index is 11.0. The van der Waals surface area contributed by atoms with Gasteiger partial charge < -0.3 is 11.1 Å². The number of nitrogen functional groups attached to an aromatic ring is 1. The van der Waals surface area contributed by atoms with Gasteiger partial charge in [-0.05, 0) is 30.7 Å². The summed E-state index contributed by atoms with van der Waals surface area (Å²) in [7, 11) is 0. The van der Waals surface area contributed by atoms with Crippen molar-refractivity contribution in [3.63, 3.8) is 0 Å². The number of nitrogens with two attached hydrogens (primary N) is 1. The number of hydrogen-bond donors (Lipinski definition) is 2. The summed E-state index contributed by atoms with van der Waals surface area (Å²) in [6, 6.07) is 7.49. The van der Waals surface area contributed by atoms with Crippen LogP contribution < -0.4 is 11.1 Å². The standard InChI is InChI=1S/C14H17N3O/c1-3-4-10-8-13(15)12-7-11(16-9(2)18)5-6-14(12)17-10/h5-8H,3-4H2,1-2H3,(H2,15,17)(H,16,18). The third kappa shape index (κ3) is 2.59. The van der Waals surface area contributed by atoms with Crippen LogP contribution in [0.5, 0.6) is 0 Å². The van der Waals surface area contributed by atoms with Crippen LogP contribution in [0.3, 0.4) is 0 Å². The van der Waals surface area contributed by atoms with Crippen molar-refractivity contribution < 1.29 is 4.79 Å². The zero-order valence-electron chi connectivity index (χ0n) is 10.7. The summed E-state index contributed by atoms with van der Waals surface area (Å²) in [6.07, 6.45) is 1.97. The van der Waals surface area contributed by atoms with Crippen LogP contribution in [0.15, 0.2) is 24.3 Å². The molecule has 3 N–H and O–H groups in total. The molecule has 4 heteroatoms. The monoisotopic (exact) mass is 243 g/mol. The molecule has 1 amide bonds. The fourth-order valence-corrected chi connectivity index (χ4v) is 1.97. The SMILES string of the molecule is CCCc1cc(N)c2cc(NC(C)=O)ccc2n1. The third-order valence-corrected chi connectivity index (χ3v) is 2.72. The van der Waals surface area contributed by atoms with Gasteiger partial charge in [-0.2, -0.15) is 0 Å². The number of carbonyl (C=O) groups is 1. The number of rotatable bonds is 3. The predicted molar refractivity (Wildman–Crippen MR) is 74.5 cm³/mol. The summed E-state index contributed by atoms with van der Waals surface area (Å²) in [5.74, 6) is -0.0940. The van der Waals surface area contributed by atoms with Gasteiger partial charge in [-0.3, -0.25) is 9.78 Å². The van der Waals surface area contributed by atoms with E-state index in [1.54, 1.807) is 0 Å². The zero-order chi connectivity index (χ0) is 13.1. The van der Waals surface area contributed by atoms with Gasteiger partial charge in [0.1, 0.15) is 0 Å². The summed E-state index contributed by atoms with van der Waals surface area (Å²) in [4.78, 5) is 15.6. The fraction of sp³-hybridized carbons (Fsp3) is 0.286. The van der Waals surface area contributed by atoms with Gasteiger partial charge in [0.05, 0.1) is 5.52 Å². The molecule has 0 bridgehead atoms. The highest BCUT2D eigenvalue weighted by Crippen LogP contribution is 2.24. The van der Waals surface area contributed by atoms with E-state index in [2.05, 4.69) is 17.2 Å². The van der Waals surface area contributed by atoms with Gasteiger partial charge in [0.2, 0.25) is 5.91 Å². The number of aromatic nitrogens is 1. The first-order valence-electron chi connectivity index (χ1n) is 6.07. The van der Waals surface area contributed by atoms with Crippen LogP contribution in [0.25, 0.3) is 10.9 Å². The van der Waals surface area contributed by atoms with E-state index < -0.39 is 0 Å². The van der Waals surface area contributed by atoms with Crippen LogP contribution in [0.1, 0.15) is 26.0 Å². The first kappa shape index (κ1) is 12.4. The number of pyridine rings is 1. The Kier molecular flexibility index (Phi) is 3.46. The van der Waals surface area contributed by atoms with Gasteiger partial charge in [-0.1, -0.05) is 13.3 Å². The summed E-state index contributed by atoms with van der Waals surface area (Å²) in [5, 5.41) is 3.62. The van der Waals surface area contributed by atoms with Crippen LogP contribution in [-0.4, -0.2) is 10.9 Å². The van der Waals surface area contributed by atoms with Gasteiger partial charge in [0.15, 0.2) is 0 Å². The molecule has 2 rings (SSSR count). The summed E-state index contributed by atoms with van der Waals surface area (Å²) in [6.45, 7) is 3.60. The minimum atomic E-state index is -0.0940. The van der Waals surface area contributed by atoms with E-state index in [0.717, 1.165) is 35.1 Å². The first-order valence-corrected chi connectivity index (χ1v) is 6.07. The molecule has 94 valence electrons. The second-order valence-corrected chi connectivity index (χ2v) is 4.37. The molecule has 0 fully saturated rings. The Bertz CT molecular complexity index is 593. The Hall–Kier alpha value is -2.10. The molecular formula is C14H17N3O. The number of benzene rings is 1. The Morgan fingerprint density at radius 3 is 2.83 bits per heavy atom. The maximum Gasteiger partial charge on any atom is 0.221 e. The highest BCUT2D eigenvalue weighted by Gasteiger charge is 2.05. The van der Waals surface area contributed by atoms with E-state index >= 15 is 0 Å². The Balaban J connectivity index is 2.47. The second kappa shape index (κ2) is 5.04. The molecule has 0 radical (unpaired) electrons. The normalized spacial score (nSPS) is 10.6. The van der Waals surface area contributed by atoms with E-state index in [0.29, 0.717) is 5.69 Å². The molecule has 2 aromatic rings. The van der Waals surface area contributed by atoms with E-state index in [1.165, 1.54) is 6.92 Å². The Labute approximate surface area is 106 Å². The lowest BCUT2D eigenvalue weighted by atomic mass is 10.1. The van der Waals surface area contributed by atoms with Gasteiger partial charge in [0.25, 0.3) is 0 Å². The smallest absolute Gasteiger partial charge is 0.221 e. The molecule has 0 atom stereocenters. The molecular weight excluding hydrogens is 226 g/mol. The van der Waals surface area contributed by atoms with Gasteiger partial charge in [0, 0.05) is 29.4 Å². The second-order valence-electron chi connectivity index (χ2n) is 4.37. The predicted octanol–water partition coefficient (Wildman–Crippen LogP) is 2.73. The minimum absolute atomic E-state index is 0.0940. The van der Waals surface area contributed by atoms with Crippen LogP contribution in [0.2, 0.25) is 0 Å². The van der Waals surface area contributed by atoms with Crippen LogP contribution >= 0.6 is 0 Å². The number of nitrogens with zero attached hydrogens (tertiary/aromatic N) is 1. The molecule has 0 saturated heterocycles. The van der Waals surface area contributed by atoms with Crippen molar-refractivity contribution in [3.05, 3.63) is 30.0 Å². The lowest BCUT2D eigenvalue weighted by Crippen LogP contribution is -2.05. The summed E-state index contributed by atoms with van der Waals surface area (Å²) >= 11 is 0. The molecule has 0 aliphatic carbocycles. The molecule has 1 heterocycles. The number of fused-ring (bicyclic) bond motifs is 1. The van der Waals surface area contributed by atoms with Gasteiger partial charge in [-0.15, -0.1) is 0 Å². The molecule has 1 aromatic heterocycles. The minimum Gasteiger partial charge on any atom is -0.398 e. The van der Waals surface area contributed by atoms with E-state index in [-0.39, 0.29) is 5.91 Å². The van der Waals surface area contributed by atoms with Crippen molar-refractivity contribution in [3.8, 4) is 0 Å². The van der Waals surface area contributed by atoms with Crippen LogP contribution in [-0.2, 0) is 11.2 Å². The Morgan fingerprint density at radius 1 is 1.39 bits per heavy atom. The molecule has 0 aliphatic rings. The quantitative estimate of drug-likeness (QED) is 0.871. The molecule has 1 aromatic carbocycles. The van der Waals surface area contributed by atoms with Crippen molar-refractivity contribution in [2.24, 2.45) is 0 Å². The molecule has 4 nitrogen and oxygen atoms in total. The fourth-order valence-electron chi connectivity index (χ4n) is 1.97. The molecule has 18 heavy (non-hydrogen) atoms. The third-order valence-electron chi connectivity index (χ3n) is 2.72. The number of nitrogens with one attached hydrogen (secondary N) is 1. The number of carbonyl (C=O) groups excluding carboxylic acids is 1. The summed E-state index contributed by atoms with van der Waals surface area (Å²) < 4.78 is 0. The van der Waals surface area contributed by atoms with Crippen LogP contribution in [0, 0.1) is 0 Å². The van der Waals surface area contributed by atoms with Crippen molar-refractivity contribution >= 4 is 28.2 Å². The van der Waals surface area contributed by atoms with E-state index in [9.17, 15) is 4.79 Å². The number of anilines is 2. The topological polar surface area (TPSA) is 68.0 Å². The van der Waals surface area contributed by atoms with E-state index in [1.807, 2.05) is 24.3 Å². The average Bonchev–Trinajstić information content (AvgIpc) is 2.30. The number of hydrogen-bond acceptors (Lipinski definition) is 3. The molecule has 0 spiro atoms. The lowest BCUT2D eigenvalue weighted by Gasteiger charge is -2.08. The largest absolute Gasteiger partial charge is 0.398 e. The van der Waals surface area contributed by atoms with Crippen molar-refractivity contribution in [2.45, 2.75) is 26.7 Å². The number of amides is 1. The number of aryl methyl sites for hydroxylation is 1. The highest BCUT2D eigenvalue weighted by molar-refractivity contribution is 5.96. The van der Waals surface area contributed by atoms with Crippen molar-refractivity contribution in [1.82, 2.24) is 4.98 Å². The van der Waals surface area contributed by atoms with Gasteiger partial charge in [-0.25, -0.2) is 0 Å². The van der Waals surface area contributed by atoms with Crippen molar-refractivity contribution in [1.29, 1.82) is 0 Å². The molecule has 0 saturated carbocycles. The van der Waals surface area contributed by atoms with E-state index in [4.69, 9.17) is 5.73 Å². The Morgan fingerprint density at radius 2 is 2.17 bits per heavy atom. The summed E-state index contributed by atoms with van der Waals surface area (Å²) in [5.41, 5.74) is 9.36. The first-order chi connectivity index (χ1) is 8.60. The highest BCUT2D eigenvalue weighted by atomic mass is 16.1. The zero-order valence-corrected chi connectivity index (χ0v) is 10.7. The molecule has 0 aliphatic heterocycles. The van der Waals surface area contributed by atoms with Crippen LogP contribution in [0.4, 0.5) is 11.4 Å². The molecule has 0 unspecified atom stereocenters. The average molecular weight is 243 g/mol. The maximum absolute atomic E-state index is 11.0.